The van der Waals surface area contributed by atoms with Crippen LogP contribution < -0.4 is 16.0 Å². The van der Waals surface area contributed by atoms with Crippen LogP contribution in [0.15, 0.2) is 41.2 Å². The summed E-state index contributed by atoms with van der Waals surface area (Å²) < 4.78 is 44.9. The number of nitrogens with two attached hydrogens (primary N) is 1. The Morgan fingerprint density at radius 1 is 1.03 bits per heavy atom. The van der Waals surface area contributed by atoms with Crippen LogP contribution in [0.4, 0.5) is 19.0 Å². The second-order valence-electron chi connectivity index (χ2n) is 5.91. The minimum Gasteiger partial charge on any atom is -0.489 e. The zero-order chi connectivity index (χ0) is 21.1. The summed E-state index contributed by atoms with van der Waals surface area (Å²) in [5, 5.41) is 18.7. The van der Waals surface area contributed by atoms with Gasteiger partial charge in [-0.2, -0.15) is 10.5 Å². The topological polar surface area (TPSA) is 116 Å². The lowest BCUT2D eigenvalue weighted by Gasteiger charge is -2.11. The van der Waals surface area contributed by atoms with Crippen molar-refractivity contribution in [2.75, 3.05) is 5.73 Å². The first kappa shape index (κ1) is 19.5. The molecule has 144 valence electrons. The van der Waals surface area contributed by atoms with Gasteiger partial charge in [-0.05, 0) is 17.2 Å². The lowest BCUT2D eigenvalue weighted by atomic mass is 9.95. The molecule has 1 heterocycles. The second kappa shape index (κ2) is 7.79. The van der Waals surface area contributed by atoms with Gasteiger partial charge in [0.15, 0.2) is 17.5 Å². The fourth-order valence-electron chi connectivity index (χ4n) is 2.73. The van der Waals surface area contributed by atoms with Gasteiger partial charge in [-0.1, -0.05) is 18.2 Å². The highest BCUT2D eigenvalue weighted by atomic mass is 19.2. The standard InChI is InChI=1S/C20H11F3N4O2/c21-15-5-12(6-16(22)18(15)23)29-9-10-2-1-3-11(4-10)17-13(7-24)19(26)27-20(28)14(17)8-25/h1-6H,9H2,(H3,26,27,28). The van der Waals surface area contributed by atoms with Gasteiger partial charge in [0.05, 0.1) is 0 Å². The summed E-state index contributed by atoms with van der Waals surface area (Å²) >= 11 is 0. The van der Waals surface area contributed by atoms with Gasteiger partial charge in [0, 0.05) is 17.7 Å². The molecule has 0 fully saturated rings. The third kappa shape index (κ3) is 3.75. The summed E-state index contributed by atoms with van der Waals surface area (Å²) in [6.45, 7) is -0.152. The Hall–Kier alpha value is -4.24. The Bertz CT molecular complexity index is 1230. The molecule has 0 radical (unpaired) electrons. The smallest absolute Gasteiger partial charge is 0.268 e. The van der Waals surface area contributed by atoms with Gasteiger partial charge in [0.25, 0.3) is 5.56 Å². The van der Waals surface area contributed by atoms with Crippen molar-refractivity contribution >= 4 is 5.82 Å². The van der Waals surface area contributed by atoms with Gasteiger partial charge < -0.3 is 15.5 Å². The van der Waals surface area contributed by atoms with Crippen LogP contribution in [-0.4, -0.2) is 4.98 Å². The highest BCUT2D eigenvalue weighted by Crippen LogP contribution is 2.29. The van der Waals surface area contributed by atoms with Crippen LogP contribution in [-0.2, 0) is 6.61 Å². The fourth-order valence-corrected chi connectivity index (χ4v) is 2.73. The number of nitrogen functional groups attached to an aromatic ring is 1. The van der Waals surface area contributed by atoms with E-state index in [1.54, 1.807) is 24.3 Å². The van der Waals surface area contributed by atoms with E-state index < -0.39 is 23.0 Å². The quantitative estimate of drug-likeness (QED) is 0.656. The first-order valence-electron chi connectivity index (χ1n) is 8.08. The molecule has 1 aromatic heterocycles. The predicted molar refractivity (Wildman–Crippen MR) is 97.0 cm³/mol. The number of nitrogens with one attached hydrogen (secondary N) is 1. The van der Waals surface area contributed by atoms with E-state index >= 15 is 0 Å². The summed E-state index contributed by atoms with van der Waals surface area (Å²) in [4.78, 5) is 14.3. The largest absolute Gasteiger partial charge is 0.489 e. The molecule has 3 aromatic rings. The predicted octanol–water partition coefficient (Wildman–Crippen LogP) is 3.36. The van der Waals surface area contributed by atoms with Gasteiger partial charge in [0.1, 0.15) is 41.4 Å². The first-order chi connectivity index (χ1) is 13.8. The SMILES string of the molecule is N#Cc1c(N)[nH]c(=O)c(C#N)c1-c1cccc(COc2cc(F)c(F)c(F)c2)c1. The van der Waals surface area contributed by atoms with E-state index in [0.29, 0.717) is 23.3 Å². The highest BCUT2D eigenvalue weighted by Gasteiger charge is 2.18. The molecule has 3 N–H and O–H groups in total. The van der Waals surface area contributed by atoms with Crippen LogP contribution in [0.1, 0.15) is 16.7 Å². The zero-order valence-electron chi connectivity index (χ0n) is 14.6. The maximum atomic E-state index is 13.3. The molecule has 3 rings (SSSR count). The second-order valence-corrected chi connectivity index (χ2v) is 5.91. The summed E-state index contributed by atoms with van der Waals surface area (Å²) in [6.07, 6.45) is 0. The number of hydrogen-bond acceptors (Lipinski definition) is 5. The molecule has 0 saturated carbocycles. The van der Waals surface area contributed by atoms with Crippen LogP contribution in [0.25, 0.3) is 11.1 Å². The van der Waals surface area contributed by atoms with Gasteiger partial charge in [-0.3, -0.25) is 4.79 Å². The van der Waals surface area contributed by atoms with E-state index in [1.807, 2.05) is 6.07 Å². The lowest BCUT2D eigenvalue weighted by Crippen LogP contribution is -2.16. The van der Waals surface area contributed by atoms with Crippen LogP contribution >= 0.6 is 0 Å². The maximum Gasteiger partial charge on any atom is 0.268 e. The van der Waals surface area contributed by atoms with Crippen molar-refractivity contribution in [2.24, 2.45) is 0 Å². The third-order valence-corrected chi connectivity index (χ3v) is 4.05. The normalized spacial score (nSPS) is 10.2. The van der Waals surface area contributed by atoms with Crippen molar-refractivity contribution in [2.45, 2.75) is 6.61 Å². The first-order valence-corrected chi connectivity index (χ1v) is 8.08. The molecule has 0 aliphatic heterocycles. The van der Waals surface area contributed by atoms with E-state index in [1.165, 1.54) is 6.07 Å². The Balaban J connectivity index is 1.99. The van der Waals surface area contributed by atoms with E-state index in [0.717, 1.165) is 0 Å². The number of hydrogen-bond donors (Lipinski definition) is 2. The average molecular weight is 396 g/mol. The van der Waals surface area contributed by atoms with Gasteiger partial charge in [0.2, 0.25) is 0 Å². The number of pyridine rings is 1. The molecule has 0 bridgehead atoms. The monoisotopic (exact) mass is 396 g/mol. The van der Waals surface area contributed by atoms with Gasteiger partial charge in [-0.15, -0.1) is 0 Å². The third-order valence-electron chi connectivity index (χ3n) is 4.05. The molecule has 9 heteroatoms. The minimum absolute atomic E-state index is 0.0666. The molecular weight excluding hydrogens is 385 g/mol. The van der Waals surface area contributed by atoms with Crippen molar-refractivity contribution in [1.82, 2.24) is 4.98 Å². The van der Waals surface area contributed by atoms with E-state index in [-0.39, 0.29) is 34.9 Å². The zero-order valence-corrected chi connectivity index (χ0v) is 14.6. The number of H-pyrrole nitrogens is 1. The lowest BCUT2D eigenvalue weighted by molar-refractivity contribution is 0.299. The number of ether oxygens (including phenoxy) is 1. The molecule has 2 aromatic carbocycles. The number of aromatic nitrogens is 1. The van der Waals surface area contributed by atoms with Crippen LogP contribution in [0.2, 0.25) is 0 Å². The van der Waals surface area contributed by atoms with E-state index in [9.17, 15) is 28.5 Å². The van der Waals surface area contributed by atoms with Crippen molar-refractivity contribution in [3.05, 3.63) is 80.9 Å². The van der Waals surface area contributed by atoms with Crippen LogP contribution in [0, 0.1) is 40.1 Å². The highest BCUT2D eigenvalue weighted by molar-refractivity contribution is 5.80. The van der Waals surface area contributed by atoms with Crippen molar-refractivity contribution in [3.8, 4) is 29.0 Å². The van der Waals surface area contributed by atoms with Gasteiger partial charge in [-0.25, -0.2) is 13.2 Å². The molecule has 0 spiro atoms. The van der Waals surface area contributed by atoms with E-state index in [2.05, 4.69) is 4.98 Å². The van der Waals surface area contributed by atoms with Crippen LogP contribution in [0.5, 0.6) is 5.75 Å². The summed E-state index contributed by atoms with van der Waals surface area (Å²) in [7, 11) is 0. The number of rotatable bonds is 4. The summed E-state index contributed by atoms with van der Waals surface area (Å²) in [6, 6.07) is 11.3. The Morgan fingerprint density at radius 3 is 2.31 bits per heavy atom. The van der Waals surface area contributed by atoms with Crippen molar-refractivity contribution in [1.29, 1.82) is 10.5 Å². The average Bonchev–Trinajstić information content (AvgIpc) is 2.70. The molecule has 6 nitrogen and oxygen atoms in total. The molecule has 0 atom stereocenters. The molecule has 0 aliphatic carbocycles. The molecule has 0 amide bonds. The molecular formula is C20H11F3N4O2. The fraction of sp³-hybridized carbons (Fsp3) is 0.0500. The summed E-state index contributed by atoms with van der Waals surface area (Å²) in [5.74, 6) is -4.76. The summed E-state index contributed by atoms with van der Waals surface area (Å²) in [5.41, 5.74) is 5.53. The van der Waals surface area contributed by atoms with Gasteiger partial charge >= 0.3 is 0 Å². The van der Waals surface area contributed by atoms with Crippen molar-refractivity contribution in [3.63, 3.8) is 0 Å². The Labute approximate surface area is 162 Å². The Kier molecular flexibility index (Phi) is 5.24. The number of halogens is 3. The number of nitrogens with zero attached hydrogens (tertiary/aromatic N) is 2. The van der Waals surface area contributed by atoms with E-state index in [4.69, 9.17) is 10.5 Å². The van der Waals surface area contributed by atoms with Crippen molar-refractivity contribution < 1.29 is 17.9 Å². The number of benzene rings is 2. The minimum atomic E-state index is -1.60. The number of anilines is 1. The van der Waals surface area contributed by atoms with Crippen LogP contribution in [0.3, 0.4) is 0 Å². The number of nitriles is 2. The molecule has 0 aliphatic rings. The maximum absolute atomic E-state index is 13.3. The molecule has 29 heavy (non-hydrogen) atoms. The number of aromatic amines is 1. The molecule has 0 saturated heterocycles. The Morgan fingerprint density at radius 2 is 1.69 bits per heavy atom. The molecule has 0 unspecified atom stereocenters.